The van der Waals surface area contributed by atoms with Gasteiger partial charge in [-0.2, -0.15) is 0 Å². The van der Waals surface area contributed by atoms with Gasteiger partial charge in [-0.25, -0.2) is 4.98 Å². The second-order valence-electron chi connectivity index (χ2n) is 8.22. The van der Waals surface area contributed by atoms with Crippen molar-refractivity contribution in [1.82, 2.24) is 9.55 Å². The molecule has 7 heteroatoms. The fourth-order valence-electron chi connectivity index (χ4n) is 4.24. The summed E-state index contributed by atoms with van der Waals surface area (Å²) in [5.41, 5.74) is 3.58. The van der Waals surface area contributed by atoms with E-state index >= 15 is 0 Å². The molecular weight excluding hydrogens is 446 g/mol. The van der Waals surface area contributed by atoms with Crippen LogP contribution in [0.4, 0.5) is 5.69 Å². The molecule has 4 aromatic rings. The number of benzene rings is 3. The minimum absolute atomic E-state index is 0.0677. The average molecular weight is 472 g/mol. The van der Waals surface area contributed by atoms with Gasteiger partial charge >= 0.3 is 0 Å². The van der Waals surface area contributed by atoms with Gasteiger partial charge in [0, 0.05) is 30.0 Å². The van der Waals surface area contributed by atoms with E-state index in [-0.39, 0.29) is 11.5 Å². The Morgan fingerprint density at radius 1 is 0.971 bits per heavy atom. The summed E-state index contributed by atoms with van der Waals surface area (Å²) in [6.07, 6.45) is 1.53. The first-order valence-electron chi connectivity index (χ1n) is 11.3. The normalized spacial score (nSPS) is 13.6. The minimum atomic E-state index is -0.0677. The molecule has 172 valence electrons. The van der Waals surface area contributed by atoms with Gasteiger partial charge in [0.15, 0.2) is 5.16 Å². The number of aromatic nitrogens is 2. The summed E-state index contributed by atoms with van der Waals surface area (Å²) in [5.74, 6) is 1.58. The predicted octanol–water partition coefficient (Wildman–Crippen LogP) is 4.87. The maximum absolute atomic E-state index is 13.4. The molecule has 1 aromatic heterocycles. The van der Waals surface area contributed by atoms with Crippen molar-refractivity contribution >= 4 is 34.3 Å². The molecule has 5 rings (SSSR count). The van der Waals surface area contributed by atoms with Crippen molar-refractivity contribution < 1.29 is 9.53 Å². The van der Waals surface area contributed by atoms with Crippen molar-refractivity contribution in [2.24, 2.45) is 0 Å². The number of methoxy groups -OCH3 is 1. The Labute approximate surface area is 202 Å². The summed E-state index contributed by atoms with van der Waals surface area (Å²) in [6.45, 7) is 1.15. The van der Waals surface area contributed by atoms with Crippen LogP contribution in [-0.4, -0.2) is 29.1 Å². The molecule has 3 aromatic carbocycles. The van der Waals surface area contributed by atoms with Gasteiger partial charge in [0.05, 0.1) is 24.6 Å². The van der Waals surface area contributed by atoms with Crippen molar-refractivity contribution in [2.45, 2.75) is 30.3 Å². The first kappa shape index (κ1) is 22.2. The van der Waals surface area contributed by atoms with Gasteiger partial charge in [-0.1, -0.05) is 54.2 Å². The number of hydrogen-bond acceptors (Lipinski definition) is 5. The Bertz CT molecular complexity index is 1400. The third-order valence-electron chi connectivity index (χ3n) is 6.04. The lowest BCUT2D eigenvalue weighted by atomic mass is 10.2. The van der Waals surface area contributed by atoms with E-state index in [4.69, 9.17) is 9.72 Å². The molecule has 0 spiro atoms. The molecule has 1 aliphatic heterocycles. The molecule has 0 atom stereocenters. The smallest absolute Gasteiger partial charge is 0.262 e. The number of rotatable bonds is 7. The van der Waals surface area contributed by atoms with Gasteiger partial charge in [-0.15, -0.1) is 0 Å². The number of amides is 1. The largest absolute Gasteiger partial charge is 0.496 e. The van der Waals surface area contributed by atoms with Gasteiger partial charge in [-0.05, 0) is 42.3 Å². The Kier molecular flexibility index (Phi) is 6.36. The Hall–Kier alpha value is -3.58. The zero-order valence-corrected chi connectivity index (χ0v) is 19.8. The topological polar surface area (TPSA) is 64.4 Å². The van der Waals surface area contributed by atoms with Gasteiger partial charge in [0.25, 0.3) is 5.56 Å². The summed E-state index contributed by atoms with van der Waals surface area (Å²) >= 11 is 1.53. The highest BCUT2D eigenvalue weighted by atomic mass is 32.2. The molecule has 0 saturated carbocycles. The van der Waals surface area contributed by atoms with Crippen LogP contribution in [0.5, 0.6) is 5.75 Å². The van der Waals surface area contributed by atoms with E-state index < -0.39 is 0 Å². The van der Waals surface area contributed by atoms with Crippen LogP contribution in [0.3, 0.4) is 0 Å². The highest BCUT2D eigenvalue weighted by Gasteiger charge is 2.21. The summed E-state index contributed by atoms with van der Waals surface area (Å²) in [5, 5.41) is 1.26. The van der Waals surface area contributed by atoms with Crippen LogP contribution in [0.25, 0.3) is 10.9 Å². The predicted molar refractivity (Wildman–Crippen MR) is 136 cm³/mol. The van der Waals surface area contributed by atoms with E-state index in [1.807, 2.05) is 77.7 Å². The molecule has 1 fully saturated rings. The third-order valence-corrected chi connectivity index (χ3v) is 7.08. The lowest BCUT2D eigenvalue weighted by Gasteiger charge is -2.16. The number of ether oxygens (including phenoxy) is 1. The highest BCUT2D eigenvalue weighted by molar-refractivity contribution is 7.98. The molecule has 6 nitrogen and oxygen atoms in total. The van der Waals surface area contributed by atoms with E-state index in [1.54, 1.807) is 11.7 Å². The minimum Gasteiger partial charge on any atom is -0.496 e. The van der Waals surface area contributed by atoms with Crippen molar-refractivity contribution in [3.8, 4) is 5.75 Å². The number of carbonyl (C=O) groups is 1. The molecule has 0 N–H and O–H groups in total. The fourth-order valence-corrected chi connectivity index (χ4v) is 5.20. The van der Waals surface area contributed by atoms with E-state index in [1.165, 1.54) is 11.8 Å². The van der Waals surface area contributed by atoms with Gasteiger partial charge < -0.3 is 9.64 Å². The fraction of sp³-hybridized carbons (Fsp3) is 0.222. The van der Waals surface area contributed by atoms with E-state index in [9.17, 15) is 9.59 Å². The second kappa shape index (κ2) is 9.73. The van der Waals surface area contributed by atoms with Gasteiger partial charge in [0.1, 0.15) is 5.75 Å². The van der Waals surface area contributed by atoms with Crippen molar-refractivity contribution in [1.29, 1.82) is 0 Å². The van der Waals surface area contributed by atoms with Crippen LogP contribution in [0.15, 0.2) is 82.7 Å². The monoisotopic (exact) mass is 471 g/mol. The van der Waals surface area contributed by atoms with E-state index in [0.29, 0.717) is 34.8 Å². The summed E-state index contributed by atoms with van der Waals surface area (Å²) in [7, 11) is 1.63. The molecule has 1 amide bonds. The standard InChI is InChI=1S/C27H25N3O3S/c1-33-24-10-5-2-7-20(24)17-30-26(32)22-8-3-4-9-23(22)28-27(30)34-18-19-12-14-21(15-13-19)29-16-6-11-25(29)31/h2-5,7-10,12-15H,6,11,16-18H2,1H3. The van der Waals surface area contributed by atoms with Crippen molar-refractivity contribution in [2.75, 3.05) is 18.6 Å². The van der Waals surface area contributed by atoms with Gasteiger partial charge in [-0.3, -0.25) is 14.2 Å². The number of hydrogen-bond donors (Lipinski definition) is 0. The maximum atomic E-state index is 13.4. The zero-order valence-electron chi connectivity index (χ0n) is 18.9. The van der Waals surface area contributed by atoms with E-state index in [0.717, 1.165) is 35.5 Å². The molecule has 0 bridgehead atoms. The number of carbonyl (C=O) groups excluding carboxylic acids is 1. The van der Waals surface area contributed by atoms with Gasteiger partial charge in [0.2, 0.25) is 5.91 Å². The molecule has 2 heterocycles. The van der Waals surface area contributed by atoms with Crippen LogP contribution in [-0.2, 0) is 17.1 Å². The third kappa shape index (κ3) is 4.43. The maximum Gasteiger partial charge on any atom is 0.262 e. The summed E-state index contributed by atoms with van der Waals surface area (Å²) in [4.78, 5) is 32.1. The molecular formula is C27H25N3O3S. The SMILES string of the molecule is COc1ccccc1Cn1c(SCc2ccc(N3CCCC3=O)cc2)nc2ccccc2c1=O. The van der Waals surface area contributed by atoms with Crippen LogP contribution in [0, 0.1) is 0 Å². The summed E-state index contributed by atoms with van der Waals surface area (Å²) < 4.78 is 7.23. The first-order chi connectivity index (χ1) is 16.6. The quantitative estimate of drug-likeness (QED) is 0.284. The second-order valence-corrected chi connectivity index (χ2v) is 9.16. The molecule has 0 radical (unpaired) electrons. The molecule has 1 aliphatic rings. The Morgan fingerprint density at radius 2 is 1.74 bits per heavy atom. The Morgan fingerprint density at radius 3 is 2.50 bits per heavy atom. The van der Waals surface area contributed by atoms with Crippen LogP contribution in [0.2, 0.25) is 0 Å². The number of anilines is 1. The molecule has 0 unspecified atom stereocenters. The van der Waals surface area contributed by atoms with Crippen LogP contribution in [0.1, 0.15) is 24.0 Å². The number of para-hydroxylation sites is 2. The lowest BCUT2D eigenvalue weighted by Crippen LogP contribution is -2.24. The average Bonchev–Trinajstić information content (AvgIpc) is 3.31. The Balaban J connectivity index is 1.44. The van der Waals surface area contributed by atoms with Crippen molar-refractivity contribution in [3.63, 3.8) is 0 Å². The lowest BCUT2D eigenvalue weighted by molar-refractivity contribution is -0.117. The van der Waals surface area contributed by atoms with Crippen molar-refractivity contribution in [3.05, 3.63) is 94.3 Å². The van der Waals surface area contributed by atoms with Crippen LogP contribution < -0.4 is 15.2 Å². The first-order valence-corrected chi connectivity index (χ1v) is 12.3. The highest BCUT2D eigenvalue weighted by Crippen LogP contribution is 2.27. The number of nitrogens with zero attached hydrogens (tertiary/aromatic N) is 3. The number of thioether (sulfide) groups is 1. The molecule has 0 aliphatic carbocycles. The van der Waals surface area contributed by atoms with E-state index in [2.05, 4.69) is 0 Å². The van der Waals surface area contributed by atoms with Crippen LogP contribution >= 0.6 is 11.8 Å². The number of fused-ring (bicyclic) bond motifs is 1. The zero-order chi connectivity index (χ0) is 23.5. The molecule has 34 heavy (non-hydrogen) atoms. The molecule has 1 saturated heterocycles. The summed E-state index contributed by atoms with van der Waals surface area (Å²) in [6, 6.07) is 23.2.